The van der Waals surface area contributed by atoms with Crippen molar-refractivity contribution in [2.24, 2.45) is 0 Å². The van der Waals surface area contributed by atoms with Crippen molar-refractivity contribution in [2.45, 2.75) is 39.5 Å². The summed E-state index contributed by atoms with van der Waals surface area (Å²) in [5.41, 5.74) is 9.07. The summed E-state index contributed by atoms with van der Waals surface area (Å²) >= 11 is 0. The highest BCUT2D eigenvalue weighted by Crippen LogP contribution is 2.42. The lowest BCUT2D eigenvalue weighted by molar-refractivity contribution is 0.585. The van der Waals surface area contributed by atoms with Crippen LogP contribution in [0.4, 0.5) is 0 Å². The molecular weight excluding hydrogens is 216 g/mol. The van der Waals surface area contributed by atoms with E-state index < -0.39 is 0 Å². The summed E-state index contributed by atoms with van der Waals surface area (Å²) < 4.78 is 0. The highest BCUT2D eigenvalue weighted by Gasteiger charge is 2.26. The van der Waals surface area contributed by atoms with Gasteiger partial charge in [-0.3, -0.25) is 0 Å². The zero-order valence-electron chi connectivity index (χ0n) is 11.7. The maximum Gasteiger partial charge on any atom is -0.00104 e. The summed E-state index contributed by atoms with van der Waals surface area (Å²) in [7, 11) is 0. The van der Waals surface area contributed by atoms with Gasteiger partial charge in [-0.2, -0.15) is 0 Å². The zero-order valence-corrected chi connectivity index (χ0v) is 11.7. The van der Waals surface area contributed by atoms with Crippen LogP contribution in [0.3, 0.4) is 0 Å². The Morgan fingerprint density at radius 2 is 1.67 bits per heavy atom. The predicted molar refractivity (Wildman–Crippen MR) is 78.1 cm³/mol. The Balaban J connectivity index is 2.28. The lowest BCUT2D eigenvalue weighted by atomic mass is 9.82. The minimum atomic E-state index is 0.224. The molecule has 3 rings (SSSR count). The monoisotopic (exact) mass is 236 g/mol. The van der Waals surface area contributed by atoms with Gasteiger partial charge < -0.3 is 0 Å². The minimum Gasteiger partial charge on any atom is -0.0617 e. The van der Waals surface area contributed by atoms with Crippen LogP contribution in [0, 0.1) is 6.92 Å². The summed E-state index contributed by atoms with van der Waals surface area (Å²) in [6.45, 7) is 9.13. The van der Waals surface area contributed by atoms with Gasteiger partial charge in [0.25, 0.3) is 0 Å². The normalized spacial score (nSPS) is 13.3. The molecule has 0 atom stereocenters. The summed E-state index contributed by atoms with van der Waals surface area (Å²) in [4.78, 5) is 0. The number of benzene rings is 2. The van der Waals surface area contributed by atoms with E-state index >= 15 is 0 Å². The maximum atomic E-state index is 2.30. The first kappa shape index (κ1) is 11.5. The molecular formula is C18H20. The molecule has 2 aromatic rings. The molecule has 0 radical (unpaired) electrons. The molecule has 0 spiro atoms. The summed E-state index contributed by atoms with van der Waals surface area (Å²) in [5.74, 6) is 0. The van der Waals surface area contributed by atoms with Gasteiger partial charge in [0, 0.05) is 0 Å². The first-order chi connectivity index (χ1) is 8.48. The first-order valence-electron chi connectivity index (χ1n) is 6.70. The molecule has 0 nitrogen and oxygen atoms in total. The van der Waals surface area contributed by atoms with Gasteiger partial charge in [0.15, 0.2) is 0 Å². The van der Waals surface area contributed by atoms with E-state index in [1.54, 1.807) is 0 Å². The zero-order chi connectivity index (χ0) is 12.9. The third-order valence-corrected chi connectivity index (χ3v) is 3.98. The van der Waals surface area contributed by atoms with Crippen molar-refractivity contribution in [3.8, 4) is 11.1 Å². The Kier molecular flexibility index (Phi) is 2.38. The Bertz CT molecular complexity index is 612. The molecule has 0 fully saturated rings. The number of hydrogen-bond donors (Lipinski definition) is 0. The third-order valence-electron chi connectivity index (χ3n) is 3.98. The number of rotatable bonds is 0. The van der Waals surface area contributed by atoms with Crippen LogP contribution in [0.5, 0.6) is 0 Å². The smallest absolute Gasteiger partial charge is 0.00104 e. The van der Waals surface area contributed by atoms with Gasteiger partial charge in [0.1, 0.15) is 0 Å². The third kappa shape index (κ3) is 1.59. The topological polar surface area (TPSA) is 0 Å². The lowest BCUT2D eigenvalue weighted by Gasteiger charge is -2.22. The van der Waals surface area contributed by atoms with Crippen LogP contribution in [0.1, 0.15) is 43.0 Å². The molecule has 0 bridgehead atoms. The van der Waals surface area contributed by atoms with E-state index in [0.29, 0.717) is 0 Å². The van der Waals surface area contributed by atoms with Crippen LogP contribution < -0.4 is 0 Å². The Morgan fingerprint density at radius 3 is 2.39 bits per heavy atom. The molecule has 0 saturated heterocycles. The summed E-state index contributed by atoms with van der Waals surface area (Å²) in [6.07, 6.45) is 1.10. The molecule has 0 heteroatoms. The molecule has 0 aliphatic heterocycles. The quantitative estimate of drug-likeness (QED) is 0.522. The highest BCUT2D eigenvalue weighted by molar-refractivity contribution is 5.80. The van der Waals surface area contributed by atoms with E-state index in [1.165, 1.54) is 33.4 Å². The fourth-order valence-electron chi connectivity index (χ4n) is 3.17. The van der Waals surface area contributed by atoms with Crippen molar-refractivity contribution >= 4 is 0 Å². The van der Waals surface area contributed by atoms with Crippen LogP contribution in [0.25, 0.3) is 11.1 Å². The molecule has 0 saturated carbocycles. The van der Waals surface area contributed by atoms with Gasteiger partial charge in [-0.1, -0.05) is 57.2 Å². The lowest BCUT2D eigenvalue weighted by Crippen LogP contribution is -2.13. The molecule has 1 aliphatic carbocycles. The number of fused-ring (bicyclic) bond motifs is 3. The summed E-state index contributed by atoms with van der Waals surface area (Å²) in [5, 5.41) is 0. The molecule has 0 unspecified atom stereocenters. The van der Waals surface area contributed by atoms with Gasteiger partial charge in [-0.05, 0) is 52.1 Å². The number of hydrogen-bond acceptors (Lipinski definition) is 0. The molecule has 0 heterocycles. The van der Waals surface area contributed by atoms with Crippen molar-refractivity contribution in [2.75, 3.05) is 0 Å². The molecule has 2 aromatic carbocycles. The van der Waals surface area contributed by atoms with E-state index in [-0.39, 0.29) is 5.41 Å². The minimum absolute atomic E-state index is 0.224. The molecule has 0 amide bonds. The second-order valence-electron chi connectivity index (χ2n) is 6.37. The van der Waals surface area contributed by atoms with Crippen LogP contribution in [0.15, 0.2) is 36.4 Å². The Labute approximate surface area is 110 Å². The van der Waals surface area contributed by atoms with E-state index in [9.17, 15) is 0 Å². The van der Waals surface area contributed by atoms with Gasteiger partial charge in [0.05, 0.1) is 0 Å². The molecule has 1 aliphatic rings. The van der Waals surface area contributed by atoms with Gasteiger partial charge >= 0.3 is 0 Å². The number of aryl methyl sites for hydroxylation is 1. The van der Waals surface area contributed by atoms with Crippen LogP contribution in [0.2, 0.25) is 0 Å². The standard InChI is InChI=1S/C18H20/c1-12-7-5-8-13-11-15-14(17(12)13)9-6-10-16(15)18(2,3)4/h5-10H,11H2,1-4H3. The van der Waals surface area contributed by atoms with Crippen molar-refractivity contribution in [3.05, 3.63) is 58.7 Å². The first-order valence-corrected chi connectivity index (χ1v) is 6.70. The maximum absolute atomic E-state index is 2.30. The second-order valence-corrected chi connectivity index (χ2v) is 6.37. The highest BCUT2D eigenvalue weighted by atomic mass is 14.3. The van der Waals surface area contributed by atoms with Crippen LogP contribution in [-0.4, -0.2) is 0 Å². The summed E-state index contributed by atoms with van der Waals surface area (Å²) in [6, 6.07) is 13.5. The van der Waals surface area contributed by atoms with Crippen LogP contribution >= 0.6 is 0 Å². The fourth-order valence-corrected chi connectivity index (χ4v) is 3.17. The Morgan fingerprint density at radius 1 is 0.944 bits per heavy atom. The van der Waals surface area contributed by atoms with Gasteiger partial charge in [-0.25, -0.2) is 0 Å². The van der Waals surface area contributed by atoms with E-state index in [0.717, 1.165) is 6.42 Å². The predicted octanol–water partition coefficient (Wildman–Crippen LogP) is 4.86. The van der Waals surface area contributed by atoms with Crippen molar-refractivity contribution < 1.29 is 0 Å². The van der Waals surface area contributed by atoms with Crippen molar-refractivity contribution in [1.29, 1.82) is 0 Å². The van der Waals surface area contributed by atoms with Gasteiger partial charge in [0.2, 0.25) is 0 Å². The molecule has 0 N–H and O–H groups in total. The van der Waals surface area contributed by atoms with Crippen molar-refractivity contribution in [1.82, 2.24) is 0 Å². The van der Waals surface area contributed by atoms with Crippen LogP contribution in [-0.2, 0) is 11.8 Å². The Hall–Kier alpha value is -1.56. The van der Waals surface area contributed by atoms with E-state index in [4.69, 9.17) is 0 Å². The van der Waals surface area contributed by atoms with Gasteiger partial charge in [-0.15, -0.1) is 0 Å². The molecule has 0 aromatic heterocycles. The average molecular weight is 236 g/mol. The average Bonchev–Trinajstić information content (AvgIpc) is 2.66. The van der Waals surface area contributed by atoms with Crippen molar-refractivity contribution in [3.63, 3.8) is 0 Å². The molecule has 92 valence electrons. The molecule has 18 heavy (non-hydrogen) atoms. The van der Waals surface area contributed by atoms with E-state index in [2.05, 4.69) is 64.1 Å². The largest absolute Gasteiger partial charge is 0.0617 e. The fraction of sp³-hybridized carbons (Fsp3) is 0.333. The second kappa shape index (κ2) is 3.71. The van der Waals surface area contributed by atoms with E-state index in [1.807, 2.05) is 0 Å². The SMILES string of the molecule is Cc1cccc2c1-c1cccc(C(C)(C)C)c1C2.